The van der Waals surface area contributed by atoms with Crippen molar-refractivity contribution in [2.24, 2.45) is 0 Å². The van der Waals surface area contributed by atoms with Gasteiger partial charge in [0.05, 0.1) is 18.8 Å². The Bertz CT molecular complexity index is 420. The first-order valence-corrected chi connectivity index (χ1v) is 6.11. The highest BCUT2D eigenvalue weighted by atomic mass is 16.5. The van der Waals surface area contributed by atoms with Crippen LogP contribution in [-0.2, 0) is 0 Å². The van der Waals surface area contributed by atoms with E-state index in [-0.39, 0.29) is 18.6 Å². The summed E-state index contributed by atoms with van der Waals surface area (Å²) < 4.78 is 5.52. The van der Waals surface area contributed by atoms with Crippen LogP contribution in [0.2, 0.25) is 0 Å². The number of hydrogen-bond donors (Lipinski definition) is 3. The third-order valence-corrected chi connectivity index (χ3v) is 2.82. The van der Waals surface area contributed by atoms with Crippen molar-refractivity contribution in [3.05, 3.63) is 29.8 Å². The quantitative estimate of drug-likeness (QED) is 0.754. The van der Waals surface area contributed by atoms with E-state index in [1.807, 2.05) is 24.3 Å². The molecule has 1 heterocycles. The lowest BCUT2D eigenvalue weighted by Crippen LogP contribution is -2.42. The third kappa shape index (κ3) is 3.13. The Morgan fingerprint density at radius 3 is 3.11 bits per heavy atom. The van der Waals surface area contributed by atoms with Gasteiger partial charge in [-0.25, -0.2) is 4.79 Å². The number of nitrogens with one attached hydrogen (secondary N) is 2. The molecule has 3 N–H and O–H groups in total. The molecule has 0 radical (unpaired) electrons. The van der Waals surface area contributed by atoms with Crippen LogP contribution in [0.4, 0.5) is 4.79 Å². The Hall–Kier alpha value is -1.75. The number of benzene rings is 1. The second-order valence-electron chi connectivity index (χ2n) is 4.43. The first kappa shape index (κ1) is 12.7. The molecule has 1 aliphatic rings. The van der Waals surface area contributed by atoms with Gasteiger partial charge in [0.2, 0.25) is 0 Å². The molecule has 0 bridgehead atoms. The maximum Gasteiger partial charge on any atom is 0.315 e. The summed E-state index contributed by atoms with van der Waals surface area (Å²) in [6, 6.07) is 7.39. The predicted molar refractivity (Wildman–Crippen MR) is 67.5 cm³/mol. The molecule has 5 nitrogen and oxygen atoms in total. The maximum atomic E-state index is 11.7. The second kappa shape index (κ2) is 5.73. The number of aliphatic hydroxyl groups excluding tert-OH is 1. The zero-order chi connectivity index (χ0) is 13.0. The van der Waals surface area contributed by atoms with Crippen molar-refractivity contribution in [2.45, 2.75) is 25.5 Å². The number of hydrogen-bond acceptors (Lipinski definition) is 3. The average molecular weight is 250 g/mol. The summed E-state index contributed by atoms with van der Waals surface area (Å²) in [6.07, 6.45) is 0.205. The first-order valence-electron chi connectivity index (χ1n) is 6.11. The molecule has 0 spiro atoms. The van der Waals surface area contributed by atoms with Crippen molar-refractivity contribution in [1.82, 2.24) is 10.6 Å². The smallest absolute Gasteiger partial charge is 0.315 e. The topological polar surface area (TPSA) is 70.6 Å². The summed E-state index contributed by atoms with van der Waals surface area (Å²) in [7, 11) is 0. The Labute approximate surface area is 106 Å². The zero-order valence-electron chi connectivity index (χ0n) is 10.3. The van der Waals surface area contributed by atoms with Gasteiger partial charge in [-0.05, 0) is 13.0 Å². The van der Waals surface area contributed by atoms with Gasteiger partial charge in [-0.15, -0.1) is 0 Å². The molecule has 18 heavy (non-hydrogen) atoms. The molecule has 1 aromatic rings. The average Bonchev–Trinajstić information content (AvgIpc) is 2.37. The molecule has 1 aromatic carbocycles. The first-order chi connectivity index (χ1) is 8.66. The molecule has 2 rings (SSSR count). The highest BCUT2D eigenvalue weighted by Gasteiger charge is 2.22. The lowest BCUT2D eigenvalue weighted by atomic mass is 10.0. The Morgan fingerprint density at radius 2 is 2.33 bits per heavy atom. The lowest BCUT2D eigenvalue weighted by molar-refractivity contribution is 0.185. The highest BCUT2D eigenvalue weighted by molar-refractivity contribution is 5.74. The normalized spacial score (nSPS) is 19.3. The molecule has 0 aromatic heterocycles. The van der Waals surface area contributed by atoms with E-state index >= 15 is 0 Å². The summed E-state index contributed by atoms with van der Waals surface area (Å²) in [4.78, 5) is 11.7. The van der Waals surface area contributed by atoms with E-state index in [1.54, 1.807) is 6.92 Å². The minimum absolute atomic E-state index is 0.0380. The number of fused-ring (bicyclic) bond motifs is 1. The zero-order valence-corrected chi connectivity index (χ0v) is 10.3. The fourth-order valence-corrected chi connectivity index (χ4v) is 1.94. The van der Waals surface area contributed by atoms with E-state index in [0.29, 0.717) is 6.61 Å². The van der Waals surface area contributed by atoms with Crippen LogP contribution in [-0.4, -0.2) is 30.4 Å². The van der Waals surface area contributed by atoms with Crippen LogP contribution in [0.15, 0.2) is 24.3 Å². The summed E-state index contributed by atoms with van der Waals surface area (Å²) in [6.45, 7) is 2.47. The molecule has 98 valence electrons. The molecular formula is C13H18N2O3. The number of carbonyl (C=O) groups excluding carboxylic acids is 1. The third-order valence-electron chi connectivity index (χ3n) is 2.82. The Morgan fingerprint density at radius 1 is 1.56 bits per heavy atom. The van der Waals surface area contributed by atoms with Crippen LogP contribution in [0.3, 0.4) is 0 Å². The van der Waals surface area contributed by atoms with Crippen molar-refractivity contribution in [1.29, 1.82) is 0 Å². The SMILES string of the molecule is C[C@@H](O)CNC(=O)N[C@@H]1CCOc2ccccc21. The number of rotatable bonds is 3. The van der Waals surface area contributed by atoms with E-state index in [2.05, 4.69) is 10.6 Å². The summed E-state index contributed by atoms with van der Waals surface area (Å²) in [5, 5.41) is 14.6. The predicted octanol–water partition coefficient (Wildman–Crippen LogP) is 1.19. The van der Waals surface area contributed by atoms with Gasteiger partial charge in [0.15, 0.2) is 0 Å². The monoisotopic (exact) mass is 250 g/mol. The van der Waals surface area contributed by atoms with Gasteiger partial charge >= 0.3 is 6.03 Å². The molecule has 0 saturated carbocycles. The van der Waals surface area contributed by atoms with Gasteiger partial charge in [0, 0.05) is 18.5 Å². The standard InChI is InChI=1S/C13H18N2O3/c1-9(16)8-14-13(17)15-11-6-7-18-12-5-3-2-4-10(11)12/h2-5,9,11,16H,6-8H2,1H3,(H2,14,15,17)/t9-,11-/m1/s1. The fourth-order valence-electron chi connectivity index (χ4n) is 1.94. The van der Waals surface area contributed by atoms with E-state index in [0.717, 1.165) is 17.7 Å². The number of ether oxygens (including phenoxy) is 1. The van der Waals surface area contributed by atoms with E-state index in [1.165, 1.54) is 0 Å². The van der Waals surface area contributed by atoms with Crippen LogP contribution in [0.25, 0.3) is 0 Å². The summed E-state index contributed by atoms with van der Waals surface area (Å²) in [5.74, 6) is 0.824. The molecule has 1 aliphatic heterocycles. The molecule has 2 amide bonds. The number of aliphatic hydroxyl groups is 1. The van der Waals surface area contributed by atoms with E-state index in [4.69, 9.17) is 9.84 Å². The van der Waals surface area contributed by atoms with Crippen molar-refractivity contribution in [3.8, 4) is 5.75 Å². The van der Waals surface area contributed by atoms with Gasteiger partial charge in [0.1, 0.15) is 5.75 Å². The molecular weight excluding hydrogens is 232 g/mol. The molecule has 0 fully saturated rings. The van der Waals surface area contributed by atoms with Crippen LogP contribution in [0.5, 0.6) is 5.75 Å². The summed E-state index contributed by atoms with van der Waals surface area (Å²) >= 11 is 0. The number of para-hydroxylation sites is 1. The van der Waals surface area contributed by atoms with Crippen molar-refractivity contribution < 1.29 is 14.6 Å². The molecule has 5 heteroatoms. The van der Waals surface area contributed by atoms with Gasteiger partial charge in [-0.1, -0.05) is 18.2 Å². The van der Waals surface area contributed by atoms with Gasteiger partial charge < -0.3 is 20.5 Å². The van der Waals surface area contributed by atoms with Crippen LogP contribution >= 0.6 is 0 Å². The van der Waals surface area contributed by atoms with Crippen molar-refractivity contribution >= 4 is 6.03 Å². The minimum Gasteiger partial charge on any atom is -0.493 e. The molecule has 0 saturated heterocycles. The second-order valence-corrected chi connectivity index (χ2v) is 4.43. The van der Waals surface area contributed by atoms with E-state index in [9.17, 15) is 4.79 Å². The highest BCUT2D eigenvalue weighted by Crippen LogP contribution is 2.31. The molecule has 0 unspecified atom stereocenters. The minimum atomic E-state index is -0.544. The number of amides is 2. The van der Waals surface area contributed by atoms with Gasteiger partial charge in [-0.2, -0.15) is 0 Å². The van der Waals surface area contributed by atoms with Crippen molar-refractivity contribution in [3.63, 3.8) is 0 Å². The molecule has 2 atom stereocenters. The van der Waals surface area contributed by atoms with Crippen LogP contribution < -0.4 is 15.4 Å². The summed E-state index contributed by atoms with van der Waals surface area (Å²) in [5.41, 5.74) is 0.996. The number of urea groups is 1. The van der Waals surface area contributed by atoms with E-state index < -0.39 is 6.10 Å². The largest absolute Gasteiger partial charge is 0.493 e. The number of carbonyl (C=O) groups is 1. The Balaban J connectivity index is 1.96. The molecule has 0 aliphatic carbocycles. The fraction of sp³-hybridized carbons (Fsp3) is 0.462. The van der Waals surface area contributed by atoms with Gasteiger partial charge in [0.25, 0.3) is 0 Å². The van der Waals surface area contributed by atoms with Crippen LogP contribution in [0.1, 0.15) is 24.9 Å². The Kier molecular flexibility index (Phi) is 4.04. The van der Waals surface area contributed by atoms with Gasteiger partial charge in [-0.3, -0.25) is 0 Å². The van der Waals surface area contributed by atoms with Crippen molar-refractivity contribution in [2.75, 3.05) is 13.2 Å². The lowest BCUT2D eigenvalue weighted by Gasteiger charge is -2.26. The maximum absolute atomic E-state index is 11.7. The van der Waals surface area contributed by atoms with Crippen LogP contribution in [0, 0.1) is 0 Å².